The van der Waals surface area contributed by atoms with Crippen molar-refractivity contribution in [1.82, 2.24) is 0 Å². The average molecular weight is 290 g/mol. The maximum atomic E-state index is 12.5. The minimum atomic E-state index is -5.70. The second-order valence-corrected chi connectivity index (χ2v) is 5.10. The van der Waals surface area contributed by atoms with Crippen LogP contribution in [-0.4, -0.2) is 23.1 Å². The first kappa shape index (κ1) is 16.3. The van der Waals surface area contributed by atoms with Crippen molar-refractivity contribution in [3.63, 3.8) is 0 Å². The molecule has 0 aromatic heterocycles. The molecule has 19 heavy (non-hydrogen) atoms. The third-order valence-electron chi connectivity index (χ3n) is 3.91. The molecule has 0 saturated heterocycles. The number of aliphatic hydroxyl groups is 1. The summed E-state index contributed by atoms with van der Waals surface area (Å²) >= 11 is 0. The Morgan fingerprint density at radius 3 is 1.79 bits per heavy atom. The molecule has 1 N–H and O–H groups in total. The lowest BCUT2D eigenvalue weighted by atomic mass is 9.82. The first-order valence-corrected chi connectivity index (χ1v) is 5.59. The molecule has 2 rings (SSSR count). The van der Waals surface area contributed by atoms with E-state index in [-0.39, 0.29) is 25.7 Å². The van der Waals surface area contributed by atoms with E-state index in [2.05, 4.69) is 0 Å². The standard InChI is InChI=1S/C11H12F6O.CH4/c12-10(13,14)9(18,11(15,16)17)5-8-4-6-1-2-7(8)3-6;/h1-2,6-8,18H,3-5H2;1H4. The Labute approximate surface area is 107 Å². The lowest BCUT2D eigenvalue weighted by Crippen LogP contribution is -2.58. The third kappa shape index (κ3) is 2.61. The van der Waals surface area contributed by atoms with Crippen molar-refractivity contribution in [2.45, 2.75) is 44.6 Å². The van der Waals surface area contributed by atoms with Gasteiger partial charge in [0, 0.05) is 0 Å². The van der Waals surface area contributed by atoms with Gasteiger partial charge in [0.15, 0.2) is 0 Å². The third-order valence-corrected chi connectivity index (χ3v) is 3.91. The zero-order valence-electron chi connectivity index (χ0n) is 9.22. The Bertz CT molecular complexity index is 342. The van der Waals surface area contributed by atoms with Crippen LogP contribution in [0, 0.1) is 17.8 Å². The van der Waals surface area contributed by atoms with Crippen molar-refractivity contribution in [2.75, 3.05) is 0 Å². The van der Waals surface area contributed by atoms with E-state index in [9.17, 15) is 26.3 Å². The van der Waals surface area contributed by atoms with Crippen molar-refractivity contribution in [2.24, 2.45) is 17.8 Å². The number of hydrogen-bond acceptors (Lipinski definition) is 1. The molecule has 7 heteroatoms. The fourth-order valence-electron chi connectivity index (χ4n) is 2.90. The molecule has 1 fully saturated rings. The number of alkyl halides is 6. The molecule has 2 aliphatic rings. The van der Waals surface area contributed by atoms with Gasteiger partial charge in [0.25, 0.3) is 5.60 Å². The summed E-state index contributed by atoms with van der Waals surface area (Å²) in [5.74, 6) is -0.967. The molecule has 0 amide bonds. The van der Waals surface area contributed by atoms with Gasteiger partial charge in [-0.3, -0.25) is 0 Å². The van der Waals surface area contributed by atoms with Crippen LogP contribution in [0.5, 0.6) is 0 Å². The van der Waals surface area contributed by atoms with E-state index in [1.165, 1.54) is 0 Å². The Balaban J connectivity index is 0.00000180. The minimum Gasteiger partial charge on any atom is -0.374 e. The topological polar surface area (TPSA) is 20.2 Å². The fraction of sp³-hybridized carbons (Fsp3) is 0.833. The summed E-state index contributed by atoms with van der Waals surface area (Å²) in [6, 6.07) is 0. The molecule has 1 nitrogen and oxygen atoms in total. The van der Waals surface area contributed by atoms with E-state index in [0.717, 1.165) is 0 Å². The summed E-state index contributed by atoms with van der Waals surface area (Å²) in [6.07, 6.45) is -8.33. The lowest BCUT2D eigenvalue weighted by molar-refractivity contribution is -0.373. The van der Waals surface area contributed by atoms with Gasteiger partial charge in [-0.15, -0.1) is 0 Å². The normalized spacial score (nSPS) is 30.6. The molecule has 3 atom stereocenters. The van der Waals surface area contributed by atoms with Crippen LogP contribution < -0.4 is 0 Å². The highest BCUT2D eigenvalue weighted by Gasteiger charge is 2.71. The predicted octanol–water partition coefficient (Wildman–Crippen LogP) is 4.08. The Hall–Kier alpha value is -0.720. The molecule has 0 spiro atoms. The molecule has 2 aliphatic carbocycles. The molecule has 2 bridgehead atoms. The van der Waals surface area contributed by atoms with Gasteiger partial charge in [-0.25, -0.2) is 0 Å². The summed E-state index contributed by atoms with van der Waals surface area (Å²) < 4.78 is 75.0. The summed E-state index contributed by atoms with van der Waals surface area (Å²) in [5.41, 5.74) is -4.59. The average Bonchev–Trinajstić information content (AvgIpc) is 2.75. The van der Waals surface area contributed by atoms with E-state index < -0.39 is 30.3 Å². The highest BCUT2D eigenvalue weighted by molar-refractivity contribution is 5.12. The van der Waals surface area contributed by atoms with Crippen LogP contribution >= 0.6 is 0 Å². The minimum absolute atomic E-state index is 0. The largest absolute Gasteiger partial charge is 0.426 e. The van der Waals surface area contributed by atoms with Gasteiger partial charge < -0.3 is 5.11 Å². The van der Waals surface area contributed by atoms with Gasteiger partial charge in [0.2, 0.25) is 0 Å². The zero-order chi connectivity index (χ0) is 13.8. The number of rotatable bonds is 2. The second kappa shape index (κ2) is 4.68. The summed E-state index contributed by atoms with van der Waals surface area (Å²) in [4.78, 5) is 0. The Morgan fingerprint density at radius 1 is 0.947 bits per heavy atom. The van der Waals surface area contributed by atoms with Crippen molar-refractivity contribution in [3.8, 4) is 0 Å². The van der Waals surface area contributed by atoms with Crippen LogP contribution in [0.25, 0.3) is 0 Å². The molecule has 0 aliphatic heterocycles. The number of fused-ring (bicyclic) bond motifs is 2. The number of hydrogen-bond donors (Lipinski definition) is 1. The van der Waals surface area contributed by atoms with Gasteiger partial charge in [-0.1, -0.05) is 19.6 Å². The van der Waals surface area contributed by atoms with Gasteiger partial charge in [0.1, 0.15) is 0 Å². The van der Waals surface area contributed by atoms with Crippen LogP contribution in [0.15, 0.2) is 12.2 Å². The molecule has 112 valence electrons. The summed E-state index contributed by atoms with van der Waals surface area (Å²) in [7, 11) is 0. The highest BCUT2D eigenvalue weighted by Crippen LogP contribution is 2.53. The summed E-state index contributed by atoms with van der Waals surface area (Å²) in [5, 5.41) is 9.10. The van der Waals surface area contributed by atoms with Crippen LogP contribution in [0.4, 0.5) is 26.3 Å². The van der Waals surface area contributed by atoms with Gasteiger partial charge in [0.05, 0.1) is 0 Å². The van der Waals surface area contributed by atoms with E-state index in [4.69, 9.17) is 5.11 Å². The van der Waals surface area contributed by atoms with Crippen LogP contribution in [0.3, 0.4) is 0 Å². The number of allylic oxidation sites excluding steroid dienone is 2. The fourth-order valence-corrected chi connectivity index (χ4v) is 2.90. The van der Waals surface area contributed by atoms with Crippen LogP contribution in [0.2, 0.25) is 0 Å². The molecule has 0 heterocycles. The van der Waals surface area contributed by atoms with Gasteiger partial charge >= 0.3 is 12.4 Å². The predicted molar refractivity (Wildman–Crippen MR) is 57.3 cm³/mol. The van der Waals surface area contributed by atoms with E-state index in [1.807, 2.05) is 6.08 Å². The van der Waals surface area contributed by atoms with E-state index in [0.29, 0.717) is 6.42 Å². The molecule has 1 saturated carbocycles. The number of halogens is 6. The van der Waals surface area contributed by atoms with Gasteiger partial charge in [-0.2, -0.15) is 26.3 Å². The van der Waals surface area contributed by atoms with Crippen LogP contribution in [0.1, 0.15) is 26.7 Å². The summed E-state index contributed by atoms with van der Waals surface area (Å²) in [6.45, 7) is 0. The highest BCUT2D eigenvalue weighted by atomic mass is 19.4. The second-order valence-electron chi connectivity index (χ2n) is 5.10. The maximum absolute atomic E-state index is 12.5. The molecule has 0 aromatic rings. The SMILES string of the molecule is C.OC(CC1CC2C=CC1C2)(C(F)(F)F)C(F)(F)F. The molecule has 3 unspecified atom stereocenters. The van der Waals surface area contributed by atoms with E-state index >= 15 is 0 Å². The first-order chi connectivity index (χ1) is 8.04. The van der Waals surface area contributed by atoms with Crippen LogP contribution in [-0.2, 0) is 0 Å². The first-order valence-electron chi connectivity index (χ1n) is 5.59. The molecule has 0 aromatic carbocycles. The zero-order valence-corrected chi connectivity index (χ0v) is 9.22. The van der Waals surface area contributed by atoms with Crippen molar-refractivity contribution in [1.29, 1.82) is 0 Å². The monoisotopic (exact) mass is 290 g/mol. The van der Waals surface area contributed by atoms with Crippen molar-refractivity contribution in [3.05, 3.63) is 12.2 Å². The van der Waals surface area contributed by atoms with Gasteiger partial charge in [-0.05, 0) is 37.0 Å². The Morgan fingerprint density at radius 2 is 1.47 bits per heavy atom. The molecular weight excluding hydrogens is 274 g/mol. The maximum Gasteiger partial charge on any atom is 0.426 e. The smallest absolute Gasteiger partial charge is 0.374 e. The molecular formula is C12H16F6O. The lowest BCUT2D eigenvalue weighted by Gasteiger charge is -2.35. The molecule has 0 radical (unpaired) electrons. The Kier molecular flexibility index (Phi) is 4.02. The van der Waals surface area contributed by atoms with E-state index in [1.54, 1.807) is 6.08 Å². The van der Waals surface area contributed by atoms with Crippen molar-refractivity contribution >= 4 is 0 Å². The van der Waals surface area contributed by atoms with Crippen molar-refractivity contribution < 1.29 is 31.4 Å². The quantitative estimate of drug-likeness (QED) is 0.600.